The Balaban J connectivity index is 1.48. The topological polar surface area (TPSA) is 82.4 Å². The van der Waals surface area contributed by atoms with Crippen LogP contribution in [0.5, 0.6) is 5.75 Å². The number of amides is 1. The molecular formula is C24H25N3O4. The normalized spacial score (nSPS) is 11.8. The predicted molar refractivity (Wildman–Crippen MR) is 119 cm³/mol. The number of hydrogen-bond donors (Lipinski definition) is 1. The molecule has 0 fully saturated rings. The summed E-state index contributed by atoms with van der Waals surface area (Å²) in [6, 6.07) is 16.9. The molecule has 7 heteroatoms. The highest BCUT2D eigenvalue weighted by Crippen LogP contribution is 2.16. The fourth-order valence-electron chi connectivity index (χ4n) is 2.80. The SMILES string of the molecule is CCOc1ccc(NC(=O)[C@@H](C)OC(=O)/C=C/c2cnn(Cc3ccccc3)c2)cc1. The molecule has 1 aromatic heterocycles. The number of esters is 1. The summed E-state index contributed by atoms with van der Waals surface area (Å²) in [4.78, 5) is 24.3. The van der Waals surface area contributed by atoms with E-state index in [1.807, 2.05) is 43.5 Å². The van der Waals surface area contributed by atoms with E-state index in [1.165, 1.54) is 13.0 Å². The van der Waals surface area contributed by atoms with Gasteiger partial charge in [0.05, 0.1) is 19.3 Å². The molecule has 1 N–H and O–H groups in total. The van der Waals surface area contributed by atoms with Crippen molar-refractivity contribution in [3.8, 4) is 5.75 Å². The van der Waals surface area contributed by atoms with Gasteiger partial charge in [-0.15, -0.1) is 0 Å². The number of nitrogens with zero attached hydrogens (tertiary/aromatic N) is 2. The number of benzene rings is 2. The van der Waals surface area contributed by atoms with E-state index in [4.69, 9.17) is 9.47 Å². The van der Waals surface area contributed by atoms with Gasteiger partial charge in [0.15, 0.2) is 6.10 Å². The summed E-state index contributed by atoms with van der Waals surface area (Å²) in [5.41, 5.74) is 2.49. The minimum absolute atomic E-state index is 0.415. The van der Waals surface area contributed by atoms with Crippen molar-refractivity contribution in [2.45, 2.75) is 26.5 Å². The van der Waals surface area contributed by atoms with Crippen LogP contribution in [0.1, 0.15) is 25.0 Å². The summed E-state index contributed by atoms with van der Waals surface area (Å²) in [5.74, 6) is -0.302. The number of rotatable bonds is 9. The molecule has 160 valence electrons. The third-order valence-corrected chi connectivity index (χ3v) is 4.35. The Bertz CT molecular complexity index is 1030. The van der Waals surface area contributed by atoms with Crippen LogP contribution in [-0.2, 0) is 20.9 Å². The van der Waals surface area contributed by atoms with Gasteiger partial charge in [-0.25, -0.2) is 4.79 Å². The lowest BCUT2D eigenvalue weighted by Gasteiger charge is -2.12. The molecule has 0 saturated carbocycles. The summed E-state index contributed by atoms with van der Waals surface area (Å²) in [5, 5.41) is 6.99. The van der Waals surface area contributed by atoms with Gasteiger partial charge in [0.2, 0.25) is 0 Å². The molecule has 1 heterocycles. The van der Waals surface area contributed by atoms with Crippen molar-refractivity contribution < 1.29 is 19.1 Å². The first-order valence-corrected chi connectivity index (χ1v) is 10.0. The molecule has 1 amide bonds. The summed E-state index contributed by atoms with van der Waals surface area (Å²) in [6.07, 6.45) is 5.44. The molecule has 0 aliphatic heterocycles. The highest BCUT2D eigenvalue weighted by molar-refractivity contribution is 5.96. The lowest BCUT2D eigenvalue weighted by molar-refractivity contribution is -0.148. The van der Waals surface area contributed by atoms with Gasteiger partial charge in [-0.05, 0) is 49.8 Å². The minimum Gasteiger partial charge on any atom is -0.494 e. The number of hydrogen-bond acceptors (Lipinski definition) is 5. The number of aromatic nitrogens is 2. The second-order valence-electron chi connectivity index (χ2n) is 6.82. The number of carbonyl (C=O) groups is 2. The first-order valence-electron chi connectivity index (χ1n) is 10.0. The van der Waals surface area contributed by atoms with E-state index in [0.29, 0.717) is 18.8 Å². The molecule has 2 aromatic carbocycles. The van der Waals surface area contributed by atoms with Crippen molar-refractivity contribution in [2.24, 2.45) is 0 Å². The zero-order valence-corrected chi connectivity index (χ0v) is 17.5. The molecule has 31 heavy (non-hydrogen) atoms. The zero-order chi connectivity index (χ0) is 22.1. The van der Waals surface area contributed by atoms with E-state index < -0.39 is 18.0 Å². The molecule has 1 atom stereocenters. The first kappa shape index (κ1) is 21.8. The fraction of sp³-hybridized carbons (Fsp3) is 0.208. The van der Waals surface area contributed by atoms with Gasteiger partial charge in [-0.3, -0.25) is 9.48 Å². The van der Waals surface area contributed by atoms with E-state index in [-0.39, 0.29) is 0 Å². The van der Waals surface area contributed by atoms with Gasteiger partial charge in [0.25, 0.3) is 5.91 Å². The van der Waals surface area contributed by atoms with Crippen LogP contribution in [0, 0.1) is 0 Å². The number of carbonyl (C=O) groups excluding carboxylic acids is 2. The van der Waals surface area contributed by atoms with Gasteiger partial charge in [-0.2, -0.15) is 5.10 Å². The van der Waals surface area contributed by atoms with Gasteiger partial charge in [-0.1, -0.05) is 30.3 Å². The molecule has 0 spiro atoms. The third kappa shape index (κ3) is 6.85. The molecule has 0 aliphatic carbocycles. The van der Waals surface area contributed by atoms with E-state index in [9.17, 15) is 9.59 Å². The summed E-state index contributed by atoms with van der Waals surface area (Å²) >= 11 is 0. The minimum atomic E-state index is -0.940. The smallest absolute Gasteiger partial charge is 0.331 e. The maximum atomic E-state index is 12.3. The van der Waals surface area contributed by atoms with Crippen LogP contribution in [0.2, 0.25) is 0 Å². The van der Waals surface area contributed by atoms with Crippen LogP contribution >= 0.6 is 0 Å². The molecular weight excluding hydrogens is 394 g/mol. The monoisotopic (exact) mass is 419 g/mol. The van der Waals surface area contributed by atoms with Gasteiger partial charge < -0.3 is 14.8 Å². The molecule has 0 unspecified atom stereocenters. The van der Waals surface area contributed by atoms with E-state index in [1.54, 1.807) is 41.2 Å². The Kier molecular flexibility index (Phi) is 7.59. The van der Waals surface area contributed by atoms with Crippen molar-refractivity contribution in [1.82, 2.24) is 9.78 Å². The lowest BCUT2D eigenvalue weighted by atomic mass is 10.2. The van der Waals surface area contributed by atoms with Crippen molar-refractivity contribution in [1.29, 1.82) is 0 Å². The molecule has 7 nitrogen and oxygen atoms in total. The summed E-state index contributed by atoms with van der Waals surface area (Å²) in [6.45, 7) is 4.63. The van der Waals surface area contributed by atoms with Crippen molar-refractivity contribution in [3.63, 3.8) is 0 Å². The highest BCUT2D eigenvalue weighted by atomic mass is 16.5. The van der Waals surface area contributed by atoms with Crippen LogP contribution in [-0.4, -0.2) is 34.4 Å². The molecule has 3 aromatic rings. The van der Waals surface area contributed by atoms with Crippen LogP contribution in [0.15, 0.2) is 73.1 Å². The van der Waals surface area contributed by atoms with Crippen molar-refractivity contribution in [2.75, 3.05) is 11.9 Å². The van der Waals surface area contributed by atoms with E-state index in [0.717, 1.165) is 16.9 Å². The van der Waals surface area contributed by atoms with E-state index in [2.05, 4.69) is 10.4 Å². The second-order valence-corrected chi connectivity index (χ2v) is 6.82. The third-order valence-electron chi connectivity index (χ3n) is 4.35. The zero-order valence-electron chi connectivity index (χ0n) is 17.5. The largest absolute Gasteiger partial charge is 0.494 e. The molecule has 0 bridgehead atoms. The predicted octanol–water partition coefficient (Wildman–Crippen LogP) is 3.91. The van der Waals surface area contributed by atoms with Gasteiger partial charge in [0, 0.05) is 23.5 Å². The fourth-order valence-corrected chi connectivity index (χ4v) is 2.80. The quantitative estimate of drug-likeness (QED) is 0.420. The Hall–Kier alpha value is -3.87. The Morgan fingerprint density at radius 1 is 1.13 bits per heavy atom. The first-order chi connectivity index (χ1) is 15.0. The standard InChI is InChI=1S/C24H25N3O4/c1-3-30-22-12-10-21(11-13-22)26-24(29)18(2)31-23(28)14-9-20-15-25-27(17-20)16-19-7-5-4-6-8-19/h4-15,17-18H,3,16H2,1-2H3,(H,26,29)/b14-9+/t18-/m1/s1. The Morgan fingerprint density at radius 3 is 2.58 bits per heavy atom. The average Bonchev–Trinajstić information content (AvgIpc) is 3.22. The number of anilines is 1. The lowest BCUT2D eigenvalue weighted by Crippen LogP contribution is -2.29. The van der Waals surface area contributed by atoms with Crippen LogP contribution in [0.4, 0.5) is 5.69 Å². The van der Waals surface area contributed by atoms with Gasteiger partial charge in [0.1, 0.15) is 5.75 Å². The Morgan fingerprint density at radius 2 is 1.87 bits per heavy atom. The second kappa shape index (κ2) is 10.8. The molecule has 0 saturated heterocycles. The van der Waals surface area contributed by atoms with Crippen LogP contribution in [0.3, 0.4) is 0 Å². The maximum absolute atomic E-state index is 12.3. The number of nitrogens with one attached hydrogen (secondary N) is 1. The van der Waals surface area contributed by atoms with Gasteiger partial charge >= 0.3 is 5.97 Å². The molecule has 0 aliphatic rings. The molecule has 0 radical (unpaired) electrons. The van der Waals surface area contributed by atoms with Crippen molar-refractivity contribution >= 4 is 23.6 Å². The van der Waals surface area contributed by atoms with Crippen LogP contribution in [0.25, 0.3) is 6.08 Å². The highest BCUT2D eigenvalue weighted by Gasteiger charge is 2.16. The van der Waals surface area contributed by atoms with Crippen molar-refractivity contribution in [3.05, 3.63) is 84.2 Å². The summed E-state index contributed by atoms with van der Waals surface area (Å²) < 4.78 is 12.3. The average molecular weight is 419 g/mol. The van der Waals surface area contributed by atoms with Crippen LogP contribution < -0.4 is 10.1 Å². The molecule has 3 rings (SSSR count). The van der Waals surface area contributed by atoms with E-state index >= 15 is 0 Å². The Labute approximate surface area is 181 Å². The summed E-state index contributed by atoms with van der Waals surface area (Å²) in [7, 11) is 0. The number of ether oxygens (including phenoxy) is 2. The maximum Gasteiger partial charge on any atom is 0.331 e.